The maximum absolute atomic E-state index is 13.7. The summed E-state index contributed by atoms with van der Waals surface area (Å²) in [5.41, 5.74) is 2.03. The van der Waals surface area contributed by atoms with Gasteiger partial charge in [-0.05, 0) is 98.0 Å². The lowest BCUT2D eigenvalue weighted by Gasteiger charge is -2.34. The van der Waals surface area contributed by atoms with E-state index in [0.29, 0.717) is 16.7 Å². The van der Waals surface area contributed by atoms with Gasteiger partial charge in [-0.1, -0.05) is 56.7 Å². The number of halogens is 3. The van der Waals surface area contributed by atoms with E-state index in [0.717, 1.165) is 100 Å². The fourth-order valence-electron chi connectivity index (χ4n) is 6.46. The maximum atomic E-state index is 13.7. The molecule has 1 saturated heterocycles. The molecule has 1 saturated carbocycles. The summed E-state index contributed by atoms with van der Waals surface area (Å²) in [6, 6.07) is 18.4. The molecule has 3 aromatic carbocycles. The number of carbonyl (C=O) groups is 2. The summed E-state index contributed by atoms with van der Waals surface area (Å²) in [5, 5.41) is 3.17. The van der Waals surface area contributed by atoms with Crippen molar-refractivity contribution in [3.63, 3.8) is 0 Å². The molecular formula is C38H46F3N3O2S2. The fraction of sp³-hybridized carbons (Fsp3) is 0.474. The van der Waals surface area contributed by atoms with E-state index in [1.807, 2.05) is 23.5 Å². The number of unbranched alkanes of at least 4 members (excludes halogenated alkanes) is 1. The topological polar surface area (TPSA) is 52.6 Å². The Morgan fingerprint density at radius 3 is 2.08 bits per heavy atom. The Morgan fingerprint density at radius 2 is 1.50 bits per heavy atom. The van der Waals surface area contributed by atoms with E-state index in [4.69, 9.17) is 0 Å². The molecule has 2 amide bonds. The molecule has 48 heavy (non-hydrogen) atoms. The third-order valence-electron chi connectivity index (χ3n) is 9.28. The van der Waals surface area contributed by atoms with Crippen LogP contribution >= 0.6 is 23.5 Å². The molecule has 1 aliphatic carbocycles. The zero-order valence-corrected chi connectivity index (χ0v) is 29.5. The summed E-state index contributed by atoms with van der Waals surface area (Å²) >= 11 is 3.62. The molecule has 0 radical (unpaired) electrons. The fourth-order valence-corrected chi connectivity index (χ4v) is 8.21. The van der Waals surface area contributed by atoms with Crippen LogP contribution in [0.1, 0.15) is 74.7 Å². The Bertz CT molecular complexity index is 1500. The molecule has 5 nitrogen and oxygen atoms in total. The molecule has 3 aromatic rings. The van der Waals surface area contributed by atoms with Gasteiger partial charge in [0.2, 0.25) is 5.91 Å². The predicted molar refractivity (Wildman–Crippen MR) is 192 cm³/mol. The summed E-state index contributed by atoms with van der Waals surface area (Å²) < 4.78 is 39.2. The largest absolute Gasteiger partial charge is 0.416 e. The second-order valence-corrected chi connectivity index (χ2v) is 15.1. The molecule has 2 fully saturated rings. The van der Waals surface area contributed by atoms with Crippen LogP contribution in [0.5, 0.6) is 0 Å². The number of amides is 2. The van der Waals surface area contributed by atoms with Crippen molar-refractivity contribution in [2.24, 2.45) is 5.92 Å². The highest BCUT2D eigenvalue weighted by Crippen LogP contribution is 2.41. The monoisotopic (exact) mass is 697 g/mol. The predicted octanol–water partition coefficient (Wildman–Crippen LogP) is 9.40. The van der Waals surface area contributed by atoms with E-state index in [1.54, 1.807) is 24.3 Å². The zero-order valence-electron chi connectivity index (χ0n) is 27.9. The minimum Gasteiger partial charge on any atom is -0.349 e. The summed E-state index contributed by atoms with van der Waals surface area (Å²) in [6.45, 7) is 7.74. The highest BCUT2D eigenvalue weighted by atomic mass is 32.2. The Labute approximate surface area is 291 Å². The van der Waals surface area contributed by atoms with E-state index < -0.39 is 11.7 Å². The Kier molecular flexibility index (Phi) is 13.0. The average Bonchev–Trinajstić information content (AvgIpc) is 3.05. The Morgan fingerprint density at radius 1 is 0.854 bits per heavy atom. The van der Waals surface area contributed by atoms with E-state index in [9.17, 15) is 22.8 Å². The smallest absolute Gasteiger partial charge is 0.349 e. The number of rotatable bonds is 14. The van der Waals surface area contributed by atoms with Crippen molar-refractivity contribution in [3.8, 4) is 11.1 Å². The molecule has 0 unspecified atom stereocenters. The van der Waals surface area contributed by atoms with Crippen molar-refractivity contribution in [3.05, 3.63) is 77.9 Å². The zero-order chi connectivity index (χ0) is 34.1. The lowest BCUT2D eigenvalue weighted by molar-refractivity contribution is -0.137. The van der Waals surface area contributed by atoms with Crippen molar-refractivity contribution in [1.29, 1.82) is 0 Å². The number of alkyl halides is 3. The van der Waals surface area contributed by atoms with Crippen LogP contribution < -0.4 is 10.2 Å². The number of piperidine rings is 1. The molecule has 5 rings (SSSR count). The van der Waals surface area contributed by atoms with Crippen LogP contribution in [0, 0.1) is 5.92 Å². The van der Waals surface area contributed by atoms with Crippen LogP contribution in [0.2, 0.25) is 0 Å². The number of hydrogen-bond acceptors (Lipinski definition) is 5. The van der Waals surface area contributed by atoms with Crippen LogP contribution in [0.25, 0.3) is 11.1 Å². The van der Waals surface area contributed by atoms with E-state index >= 15 is 0 Å². The third-order valence-corrected chi connectivity index (χ3v) is 11.1. The molecule has 1 N–H and O–H groups in total. The number of hydrogen-bond donors (Lipinski definition) is 1. The molecule has 1 aliphatic heterocycles. The first-order chi connectivity index (χ1) is 23.2. The van der Waals surface area contributed by atoms with Gasteiger partial charge in [0.25, 0.3) is 5.91 Å². The summed E-state index contributed by atoms with van der Waals surface area (Å²) in [4.78, 5) is 34.0. The number of nitrogens with zero attached hydrogens (tertiary/aromatic N) is 2. The summed E-state index contributed by atoms with van der Waals surface area (Å²) in [6.07, 6.45) is 2.29. The van der Waals surface area contributed by atoms with Gasteiger partial charge in [0.05, 0.1) is 11.3 Å². The third kappa shape index (κ3) is 9.18. The number of anilines is 1. The van der Waals surface area contributed by atoms with Crippen molar-refractivity contribution in [2.45, 2.75) is 80.8 Å². The normalized spacial score (nSPS) is 16.0. The number of benzene rings is 3. The lowest BCUT2D eigenvalue weighted by Crippen LogP contribution is -2.45. The number of thioether (sulfide) groups is 2. The number of carbonyl (C=O) groups excluding carboxylic acids is 2. The van der Waals surface area contributed by atoms with Gasteiger partial charge < -0.3 is 15.1 Å². The standard InChI is InChI=1S/C38H46F3N3O2S2/c1-3-47-33-15-10-16-34(48-4-2)35(33)44(37(46)28-11-9-12-28)24-8-7-23-43-25-21-30(22-26-43)42-36(45)32-14-6-5-13-31(32)27-17-19-29(20-18-27)38(39,40)41/h5-6,10,13-20,28,30H,3-4,7-9,11-12,21-26H2,1-2H3,(H,42,45). The van der Waals surface area contributed by atoms with Crippen molar-refractivity contribution < 1.29 is 22.8 Å². The van der Waals surface area contributed by atoms with Gasteiger partial charge >= 0.3 is 6.18 Å². The first kappa shape index (κ1) is 36.3. The van der Waals surface area contributed by atoms with Gasteiger partial charge in [-0.2, -0.15) is 13.2 Å². The second-order valence-electron chi connectivity index (χ2n) is 12.5. The van der Waals surface area contributed by atoms with Gasteiger partial charge in [0.1, 0.15) is 0 Å². The van der Waals surface area contributed by atoms with Crippen LogP contribution in [-0.4, -0.2) is 60.4 Å². The quantitative estimate of drug-likeness (QED) is 0.134. The SMILES string of the molecule is CCSc1cccc(SCC)c1N(CCCCN1CCC(NC(=O)c2ccccc2-c2ccc(C(F)(F)F)cc2)CC1)C(=O)C1CCC1. The Balaban J connectivity index is 1.14. The van der Waals surface area contributed by atoms with E-state index in [1.165, 1.54) is 21.9 Å². The molecule has 2 aliphatic rings. The van der Waals surface area contributed by atoms with Gasteiger partial charge in [-0.3, -0.25) is 9.59 Å². The summed E-state index contributed by atoms with van der Waals surface area (Å²) in [5.74, 6) is 2.13. The minimum atomic E-state index is -4.41. The lowest BCUT2D eigenvalue weighted by atomic mass is 9.84. The summed E-state index contributed by atoms with van der Waals surface area (Å²) in [7, 11) is 0. The average molecular weight is 698 g/mol. The molecule has 0 bridgehead atoms. The Hall–Kier alpha value is -2.95. The molecule has 0 atom stereocenters. The first-order valence-electron chi connectivity index (χ1n) is 17.2. The highest BCUT2D eigenvalue weighted by Gasteiger charge is 2.33. The molecule has 0 spiro atoms. The van der Waals surface area contributed by atoms with E-state index in [-0.39, 0.29) is 23.8 Å². The first-order valence-corrected chi connectivity index (χ1v) is 19.2. The number of likely N-dealkylation sites (tertiary alicyclic amines) is 1. The van der Waals surface area contributed by atoms with Gasteiger partial charge in [-0.25, -0.2) is 0 Å². The highest BCUT2D eigenvalue weighted by molar-refractivity contribution is 8.00. The molecule has 10 heteroatoms. The van der Waals surface area contributed by atoms with Gasteiger partial charge in [-0.15, -0.1) is 23.5 Å². The number of para-hydroxylation sites is 1. The van der Waals surface area contributed by atoms with Crippen molar-refractivity contribution >= 4 is 41.0 Å². The van der Waals surface area contributed by atoms with Crippen molar-refractivity contribution in [2.75, 3.05) is 42.6 Å². The molecular weight excluding hydrogens is 652 g/mol. The molecule has 258 valence electrons. The van der Waals surface area contributed by atoms with Crippen LogP contribution in [-0.2, 0) is 11.0 Å². The van der Waals surface area contributed by atoms with Gasteiger partial charge in [0.15, 0.2) is 0 Å². The van der Waals surface area contributed by atoms with E-state index in [2.05, 4.69) is 47.2 Å². The maximum Gasteiger partial charge on any atom is 0.416 e. The minimum absolute atomic E-state index is 0.0343. The van der Waals surface area contributed by atoms with Crippen LogP contribution in [0.3, 0.4) is 0 Å². The second kappa shape index (κ2) is 17.1. The number of nitrogens with one attached hydrogen (secondary N) is 1. The molecule has 1 heterocycles. The van der Waals surface area contributed by atoms with Gasteiger partial charge in [0, 0.05) is 46.9 Å². The van der Waals surface area contributed by atoms with Crippen LogP contribution in [0.15, 0.2) is 76.5 Å². The molecule has 0 aromatic heterocycles. The van der Waals surface area contributed by atoms with Crippen LogP contribution in [0.4, 0.5) is 18.9 Å². The van der Waals surface area contributed by atoms with Crippen molar-refractivity contribution in [1.82, 2.24) is 10.2 Å².